The molecule has 4 amide bonds. The summed E-state index contributed by atoms with van der Waals surface area (Å²) in [4.78, 5) is 80.5. The monoisotopic (exact) mass is 799 g/mol. The Morgan fingerprint density at radius 3 is 1.70 bits per heavy atom. The van der Waals surface area contributed by atoms with Crippen LogP contribution in [-0.4, -0.2) is 106 Å². The maximum Gasteiger partial charge on any atom is 0.326 e. The average molecular weight is 800 g/mol. The lowest BCUT2D eigenvalue weighted by Crippen LogP contribution is -2.62. The quantitative estimate of drug-likeness (QED) is 0.101. The summed E-state index contributed by atoms with van der Waals surface area (Å²) in [7, 11) is 0. The number of aliphatic carboxylic acids is 1. The van der Waals surface area contributed by atoms with Gasteiger partial charge in [-0.15, -0.1) is 0 Å². The molecule has 0 bridgehead atoms. The number of carboxylic acids is 1. The Morgan fingerprint density at radius 1 is 0.649 bits per heavy atom. The third kappa shape index (κ3) is 18.6. The van der Waals surface area contributed by atoms with E-state index in [0.29, 0.717) is 5.56 Å². The van der Waals surface area contributed by atoms with Gasteiger partial charge in [0.1, 0.15) is 35.5 Å². The van der Waals surface area contributed by atoms with Crippen LogP contribution in [-0.2, 0) is 55.8 Å². The van der Waals surface area contributed by atoms with Gasteiger partial charge in [0, 0.05) is 6.42 Å². The molecule has 0 aromatic heterocycles. The van der Waals surface area contributed by atoms with Crippen LogP contribution in [0.2, 0.25) is 0 Å². The summed E-state index contributed by atoms with van der Waals surface area (Å²) in [5.74, 6) is -5.78. The zero-order chi connectivity index (χ0) is 43.3. The fourth-order valence-corrected chi connectivity index (χ4v) is 5.39. The van der Waals surface area contributed by atoms with Gasteiger partial charge in [-0.2, -0.15) is 0 Å². The molecule has 57 heavy (non-hydrogen) atoms. The number of carbonyl (C=O) groups is 6. The molecule has 0 aliphatic rings. The lowest BCUT2D eigenvalue weighted by atomic mass is 10.0. The standard InChI is InChI=1S/C41H61N5O11/c1-24(56-40(5,6)7)33(46-34(49)28(42)20-25-14-12-11-13-15-25)37(52)45-31(23-55-39(2,3)4)36(51)43-29(22-32(48)57-41(8,9)10)35(50)44-30(38(53)54)21-26-16-18-27(47)19-17-26/h11-19,24,28-31,33,47H,20-23,42H2,1-10H3,(H,43,51)(H,44,50)(H,45,52)(H,46,49)(H,53,54)/t24-,28+,29+,30+,31+,33+/m1/s1. The first-order valence-electron chi connectivity index (χ1n) is 18.8. The number of nitrogens with two attached hydrogens (primary N) is 1. The van der Waals surface area contributed by atoms with Gasteiger partial charge in [-0.1, -0.05) is 42.5 Å². The van der Waals surface area contributed by atoms with Crippen LogP contribution in [0.4, 0.5) is 0 Å². The normalized spacial score (nSPS) is 15.1. The minimum absolute atomic E-state index is 0.0385. The van der Waals surface area contributed by atoms with Crippen LogP contribution < -0.4 is 27.0 Å². The lowest BCUT2D eigenvalue weighted by Gasteiger charge is -2.33. The highest BCUT2D eigenvalue weighted by atomic mass is 16.6. The second-order valence-electron chi connectivity index (χ2n) is 16.8. The second kappa shape index (κ2) is 20.9. The molecule has 0 heterocycles. The molecule has 2 aromatic rings. The number of phenolic OH excluding ortho intramolecular Hbond substituents is 1. The van der Waals surface area contributed by atoms with Crippen LogP contribution >= 0.6 is 0 Å². The predicted octanol–water partition coefficient (Wildman–Crippen LogP) is 2.28. The van der Waals surface area contributed by atoms with Crippen LogP contribution in [0.3, 0.4) is 0 Å². The molecule has 0 fully saturated rings. The number of hydrogen-bond donors (Lipinski definition) is 7. The first-order valence-corrected chi connectivity index (χ1v) is 18.8. The number of aromatic hydroxyl groups is 1. The number of nitrogens with one attached hydrogen (secondary N) is 4. The van der Waals surface area contributed by atoms with Gasteiger partial charge in [0.2, 0.25) is 23.6 Å². The van der Waals surface area contributed by atoms with Crippen LogP contribution in [0.5, 0.6) is 5.75 Å². The van der Waals surface area contributed by atoms with Gasteiger partial charge in [-0.05, 0) is 98.9 Å². The first-order chi connectivity index (χ1) is 26.2. The van der Waals surface area contributed by atoms with Crippen molar-refractivity contribution >= 4 is 35.6 Å². The molecule has 2 aromatic carbocycles. The molecule has 0 saturated heterocycles. The van der Waals surface area contributed by atoms with E-state index in [9.17, 15) is 39.0 Å². The summed E-state index contributed by atoms with van der Waals surface area (Å²) in [5.41, 5.74) is 5.00. The van der Waals surface area contributed by atoms with Crippen molar-refractivity contribution < 1.29 is 53.2 Å². The topological polar surface area (TPSA) is 245 Å². The van der Waals surface area contributed by atoms with Gasteiger partial charge in [-0.25, -0.2) is 4.79 Å². The summed E-state index contributed by atoms with van der Waals surface area (Å²) in [6.07, 6.45) is -1.64. The summed E-state index contributed by atoms with van der Waals surface area (Å²) in [6, 6.07) is 7.70. The lowest BCUT2D eigenvalue weighted by molar-refractivity contribution is -0.156. The van der Waals surface area contributed by atoms with Gasteiger partial charge in [0.05, 0.1) is 36.4 Å². The number of phenols is 1. The zero-order valence-electron chi connectivity index (χ0n) is 34.6. The fraction of sp³-hybridized carbons (Fsp3) is 0.561. The van der Waals surface area contributed by atoms with Crippen LogP contribution in [0, 0.1) is 0 Å². The van der Waals surface area contributed by atoms with E-state index in [0.717, 1.165) is 5.56 Å². The summed E-state index contributed by atoms with van der Waals surface area (Å²) < 4.78 is 17.3. The number of ether oxygens (including phenoxy) is 3. The van der Waals surface area contributed by atoms with E-state index in [2.05, 4.69) is 21.3 Å². The molecule has 316 valence electrons. The Kier molecular flexibility index (Phi) is 17.6. The molecular formula is C41H61N5O11. The van der Waals surface area contributed by atoms with Crippen molar-refractivity contribution in [2.75, 3.05) is 6.61 Å². The van der Waals surface area contributed by atoms with Gasteiger partial charge < -0.3 is 51.4 Å². The Hall–Kier alpha value is -5.06. The van der Waals surface area contributed by atoms with E-state index in [4.69, 9.17) is 19.9 Å². The molecule has 8 N–H and O–H groups in total. The number of carbonyl (C=O) groups excluding carboxylic acids is 5. The number of rotatable bonds is 19. The zero-order valence-corrected chi connectivity index (χ0v) is 34.6. The third-order valence-corrected chi connectivity index (χ3v) is 7.95. The Balaban J connectivity index is 2.44. The Morgan fingerprint density at radius 2 is 1.18 bits per heavy atom. The third-order valence-electron chi connectivity index (χ3n) is 7.95. The molecule has 0 radical (unpaired) electrons. The van der Waals surface area contributed by atoms with E-state index in [1.807, 2.05) is 30.3 Å². The first kappa shape index (κ1) is 48.1. The van der Waals surface area contributed by atoms with Crippen molar-refractivity contribution in [2.24, 2.45) is 5.73 Å². The van der Waals surface area contributed by atoms with Gasteiger partial charge in [0.25, 0.3) is 0 Å². The number of amides is 4. The molecule has 0 unspecified atom stereocenters. The predicted molar refractivity (Wildman–Crippen MR) is 212 cm³/mol. The highest BCUT2D eigenvalue weighted by Gasteiger charge is 2.37. The van der Waals surface area contributed by atoms with Gasteiger partial charge in [0.15, 0.2) is 0 Å². The van der Waals surface area contributed by atoms with Crippen LogP contribution in [0.1, 0.15) is 86.8 Å². The smallest absolute Gasteiger partial charge is 0.326 e. The van der Waals surface area contributed by atoms with Crippen molar-refractivity contribution in [1.82, 2.24) is 21.3 Å². The summed E-state index contributed by atoms with van der Waals surface area (Å²) in [6.45, 7) is 16.5. The highest BCUT2D eigenvalue weighted by molar-refractivity contribution is 5.97. The maximum atomic E-state index is 14.1. The molecule has 16 heteroatoms. The molecule has 0 aliphatic carbocycles. The average Bonchev–Trinajstić information content (AvgIpc) is 3.07. The largest absolute Gasteiger partial charge is 0.508 e. The number of hydrogen-bond acceptors (Lipinski definition) is 11. The summed E-state index contributed by atoms with van der Waals surface area (Å²) in [5, 5.41) is 29.7. The molecule has 16 nitrogen and oxygen atoms in total. The molecule has 0 spiro atoms. The number of benzene rings is 2. The maximum absolute atomic E-state index is 14.1. The minimum atomic E-state index is -1.67. The summed E-state index contributed by atoms with van der Waals surface area (Å²) >= 11 is 0. The molecule has 6 atom stereocenters. The molecule has 2 rings (SSSR count). The van der Waals surface area contributed by atoms with Crippen molar-refractivity contribution in [1.29, 1.82) is 0 Å². The minimum Gasteiger partial charge on any atom is -0.508 e. The van der Waals surface area contributed by atoms with E-state index >= 15 is 0 Å². The van der Waals surface area contributed by atoms with Gasteiger partial charge in [-0.3, -0.25) is 24.0 Å². The molecular weight excluding hydrogens is 738 g/mol. The Bertz CT molecular complexity index is 1660. The van der Waals surface area contributed by atoms with E-state index < -0.39 is 102 Å². The van der Waals surface area contributed by atoms with E-state index in [1.54, 1.807) is 69.2 Å². The van der Waals surface area contributed by atoms with Gasteiger partial charge >= 0.3 is 11.9 Å². The fourth-order valence-electron chi connectivity index (χ4n) is 5.39. The van der Waals surface area contributed by atoms with Crippen LogP contribution in [0.25, 0.3) is 0 Å². The second-order valence-corrected chi connectivity index (χ2v) is 16.8. The SMILES string of the molecule is C[C@@H](OC(C)(C)C)[C@H](NC(=O)[C@@H](N)Cc1ccccc1)C(=O)N[C@@H](COC(C)(C)C)C(=O)N[C@@H](CC(=O)OC(C)(C)C)C(=O)N[C@@H](Cc1ccc(O)cc1)C(=O)O. The highest BCUT2D eigenvalue weighted by Crippen LogP contribution is 2.16. The van der Waals surface area contributed by atoms with Crippen molar-refractivity contribution in [2.45, 2.75) is 142 Å². The molecule has 0 aliphatic heterocycles. The van der Waals surface area contributed by atoms with Crippen LogP contribution in [0.15, 0.2) is 54.6 Å². The van der Waals surface area contributed by atoms with E-state index in [-0.39, 0.29) is 18.6 Å². The number of carboxylic acid groups (broad SMARTS) is 1. The van der Waals surface area contributed by atoms with Crippen molar-refractivity contribution in [3.05, 3.63) is 65.7 Å². The molecule has 0 saturated carbocycles. The Labute approximate surface area is 335 Å². The van der Waals surface area contributed by atoms with E-state index in [1.165, 1.54) is 24.3 Å². The van der Waals surface area contributed by atoms with Crippen molar-refractivity contribution in [3.63, 3.8) is 0 Å². The number of esters is 1. The van der Waals surface area contributed by atoms with Crippen molar-refractivity contribution in [3.8, 4) is 5.75 Å².